The van der Waals surface area contributed by atoms with E-state index in [2.05, 4.69) is 23.9 Å². The molecule has 216 valence electrons. The van der Waals surface area contributed by atoms with Crippen molar-refractivity contribution in [3.05, 3.63) is 102 Å². The molecule has 1 unspecified atom stereocenters. The van der Waals surface area contributed by atoms with E-state index in [-0.39, 0.29) is 25.5 Å². The molecular weight excluding hydrogens is 516 g/mol. The zero-order valence-electron chi connectivity index (χ0n) is 24.2. The number of ether oxygens (including phenoxy) is 1. The molecule has 2 N–H and O–H groups in total. The first kappa shape index (κ1) is 29.8. The minimum atomic E-state index is -1.22. The van der Waals surface area contributed by atoms with Gasteiger partial charge in [-0.3, -0.25) is 9.59 Å². The number of oxime groups is 1. The topological polar surface area (TPSA) is 97.5 Å². The van der Waals surface area contributed by atoms with E-state index in [0.29, 0.717) is 18.7 Å². The lowest BCUT2D eigenvalue weighted by molar-refractivity contribution is -0.144. The van der Waals surface area contributed by atoms with Gasteiger partial charge in [0.25, 0.3) is 0 Å². The predicted molar refractivity (Wildman–Crippen MR) is 161 cm³/mol. The van der Waals surface area contributed by atoms with Crippen LogP contribution in [0.2, 0.25) is 0 Å². The number of nitrogens with zero attached hydrogens (tertiary/aromatic N) is 3. The van der Waals surface area contributed by atoms with Gasteiger partial charge >= 0.3 is 0 Å². The van der Waals surface area contributed by atoms with Crippen LogP contribution in [0.5, 0.6) is 5.75 Å². The van der Waals surface area contributed by atoms with Crippen molar-refractivity contribution in [1.82, 2.24) is 9.80 Å². The standard InChI is InChI=1S/C33H40N4O4/c1-4-36(5-2)21-20-33(32(34)39)22-28(35-41-24-25-16-18-29(40-3)19-17-25)23-37(33)31(38)30(26-12-8-6-9-13-26)27-14-10-7-11-15-27/h6-19,30H,4-5,20-24H2,1-3H3,(H2,34,39). The van der Waals surface area contributed by atoms with E-state index in [9.17, 15) is 9.59 Å². The summed E-state index contributed by atoms with van der Waals surface area (Å²) in [6, 6.07) is 26.9. The van der Waals surface area contributed by atoms with Crippen LogP contribution in [0, 0.1) is 0 Å². The number of nitrogens with two attached hydrogens (primary N) is 1. The Morgan fingerprint density at radius 2 is 1.54 bits per heavy atom. The largest absolute Gasteiger partial charge is 0.497 e. The molecular formula is C33H40N4O4. The highest BCUT2D eigenvalue weighted by Gasteiger charge is 2.52. The Morgan fingerprint density at radius 3 is 2.05 bits per heavy atom. The van der Waals surface area contributed by atoms with E-state index in [1.807, 2.05) is 84.9 Å². The Balaban J connectivity index is 1.67. The predicted octanol–water partition coefficient (Wildman–Crippen LogP) is 4.59. The van der Waals surface area contributed by atoms with Crippen molar-refractivity contribution in [2.45, 2.75) is 44.8 Å². The van der Waals surface area contributed by atoms with Crippen LogP contribution in [-0.4, -0.2) is 66.2 Å². The van der Waals surface area contributed by atoms with Crippen LogP contribution >= 0.6 is 0 Å². The minimum absolute atomic E-state index is 0.165. The van der Waals surface area contributed by atoms with Crippen molar-refractivity contribution >= 4 is 17.5 Å². The Morgan fingerprint density at radius 1 is 0.951 bits per heavy atom. The van der Waals surface area contributed by atoms with Crippen molar-refractivity contribution in [3.63, 3.8) is 0 Å². The average Bonchev–Trinajstić information content (AvgIpc) is 3.39. The Bertz CT molecular complexity index is 1270. The van der Waals surface area contributed by atoms with E-state index in [1.165, 1.54) is 0 Å². The van der Waals surface area contributed by atoms with Crippen LogP contribution in [0.3, 0.4) is 0 Å². The molecule has 0 aromatic heterocycles. The molecule has 0 radical (unpaired) electrons. The molecule has 1 heterocycles. The number of hydrogen-bond donors (Lipinski definition) is 1. The molecule has 3 aromatic rings. The van der Waals surface area contributed by atoms with Gasteiger partial charge < -0.3 is 25.1 Å². The first-order valence-electron chi connectivity index (χ1n) is 14.2. The molecule has 4 rings (SSSR count). The third kappa shape index (κ3) is 6.95. The van der Waals surface area contributed by atoms with Crippen LogP contribution in [0.1, 0.15) is 49.3 Å². The highest BCUT2D eigenvalue weighted by molar-refractivity contribution is 6.05. The second-order valence-electron chi connectivity index (χ2n) is 10.3. The van der Waals surface area contributed by atoms with Crippen molar-refractivity contribution in [2.75, 3.05) is 33.3 Å². The number of carbonyl (C=O) groups excluding carboxylic acids is 2. The number of methoxy groups -OCH3 is 1. The van der Waals surface area contributed by atoms with Gasteiger partial charge in [0, 0.05) is 13.0 Å². The van der Waals surface area contributed by atoms with E-state index >= 15 is 0 Å². The zero-order chi connectivity index (χ0) is 29.2. The average molecular weight is 557 g/mol. The van der Waals surface area contributed by atoms with Crippen LogP contribution in [0.25, 0.3) is 0 Å². The summed E-state index contributed by atoms with van der Waals surface area (Å²) >= 11 is 0. The molecule has 1 aliphatic heterocycles. The molecule has 2 amide bonds. The van der Waals surface area contributed by atoms with E-state index in [1.54, 1.807) is 12.0 Å². The first-order chi connectivity index (χ1) is 19.9. The van der Waals surface area contributed by atoms with Gasteiger partial charge in [-0.05, 0) is 48.3 Å². The molecule has 0 saturated carbocycles. The van der Waals surface area contributed by atoms with Gasteiger partial charge in [-0.15, -0.1) is 0 Å². The molecule has 1 fully saturated rings. The number of carbonyl (C=O) groups is 2. The van der Waals surface area contributed by atoms with Gasteiger partial charge in [0.05, 0.1) is 25.3 Å². The summed E-state index contributed by atoms with van der Waals surface area (Å²) < 4.78 is 5.22. The van der Waals surface area contributed by atoms with Gasteiger partial charge in [-0.2, -0.15) is 0 Å². The van der Waals surface area contributed by atoms with Gasteiger partial charge in [0.2, 0.25) is 11.8 Å². The van der Waals surface area contributed by atoms with Crippen molar-refractivity contribution in [1.29, 1.82) is 0 Å². The second-order valence-corrected chi connectivity index (χ2v) is 10.3. The monoisotopic (exact) mass is 556 g/mol. The molecule has 0 spiro atoms. The maximum Gasteiger partial charge on any atom is 0.243 e. The lowest BCUT2D eigenvalue weighted by Gasteiger charge is -2.38. The summed E-state index contributed by atoms with van der Waals surface area (Å²) in [5, 5.41) is 4.41. The molecule has 8 nitrogen and oxygen atoms in total. The van der Waals surface area contributed by atoms with Crippen LogP contribution in [0.4, 0.5) is 0 Å². The first-order valence-corrected chi connectivity index (χ1v) is 14.2. The maximum atomic E-state index is 14.5. The van der Waals surface area contributed by atoms with Crippen LogP contribution in [0.15, 0.2) is 90.1 Å². The highest BCUT2D eigenvalue weighted by atomic mass is 16.6. The number of primary amides is 1. The van der Waals surface area contributed by atoms with E-state index in [4.69, 9.17) is 15.3 Å². The number of hydrogen-bond acceptors (Lipinski definition) is 6. The number of benzene rings is 3. The Labute approximate surface area is 242 Å². The lowest BCUT2D eigenvalue weighted by atomic mass is 9.86. The van der Waals surface area contributed by atoms with Crippen molar-refractivity contribution in [3.8, 4) is 5.75 Å². The zero-order valence-corrected chi connectivity index (χ0v) is 24.2. The summed E-state index contributed by atoms with van der Waals surface area (Å²) in [5.74, 6) is -0.542. The third-order valence-electron chi connectivity index (χ3n) is 7.91. The van der Waals surface area contributed by atoms with Gasteiger partial charge in [0.1, 0.15) is 17.9 Å². The maximum absolute atomic E-state index is 14.5. The summed E-state index contributed by atoms with van der Waals surface area (Å²) in [6.45, 7) is 6.88. The van der Waals surface area contributed by atoms with Crippen LogP contribution < -0.4 is 10.5 Å². The normalized spacial score (nSPS) is 17.8. The van der Waals surface area contributed by atoms with Gasteiger partial charge in [-0.25, -0.2) is 0 Å². The van der Waals surface area contributed by atoms with Gasteiger partial charge in [0.15, 0.2) is 0 Å². The lowest BCUT2D eigenvalue weighted by Crippen LogP contribution is -2.58. The summed E-state index contributed by atoms with van der Waals surface area (Å²) in [7, 11) is 1.62. The highest BCUT2D eigenvalue weighted by Crippen LogP contribution is 2.37. The van der Waals surface area contributed by atoms with Crippen LogP contribution in [-0.2, 0) is 21.0 Å². The quantitative estimate of drug-likeness (QED) is 0.311. The van der Waals surface area contributed by atoms with Gasteiger partial charge in [-0.1, -0.05) is 91.8 Å². The number of likely N-dealkylation sites (tertiary alicyclic amines) is 1. The molecule has 41 heavy (non-hydrogen) atoms. The number of amides is 2. The molecule has 0 bridgehead atoms. The van der Waals surface area contributed by atoms with E-state index in [0.717, 1.165) is 35.5 Å². The molecule has 1 atom stereocenters. The van der Waals surface area contributed by atoms with Crippen molar-refractivity contribution in [2.24, 2.45) is 10.9 Å². The molecule has 3 aromatic carbocycles. The summed E-state index contributed by atoms with van der Waals surface area (Å²) in [5.41, 5.74) is 8.19. The molecule has 0 aliphatic carbocycles. The number of rotatable bonds is 13. The molecule has 1 aliphatic rings. The fourth-order valence-corrected chi connectivity index (χ4v) is 5.47. The van der Waals surface area contributed by atoms with E-state index < -0.39 is 17.4 Å². The fraction of sp³-hybridized carbons (Fsp3) is 0.364. The fourth-order valence-electron chi connectivity index (χ4n) is 5.47. The molecule has 8 heteroatoms. The summed E-state index contributed by atoms with van der Waals surface area (Å²) in [6.07, 6.45) is 0.637. The minimum Gasteiger partial charge on any atom is -0.497 e. The Hall–Kier alpha value is -4.17. The Kier molecular flexibility index (Phi) is 10.1. The molecule has 1 saturated heterocycles. The third-order valence-corrected chi connectivity index (χ3v) is 7.91. The second kappa shape index (κ2) is 13.9. The SMILES string of the molecule is CCN(CC)CCC1(C(N)=O)CC(=NOCc2ccc(OC)cc2)CN1C(=O)C(c1ccccc1)c1ccccc1. The summed E-state index contributed by atoms with van der Waals surface area (Å²) in [4.78, 5) is 37.5. The van der Waals surface area contributed by atoms with Crippen molar-refractivity contribution < 1.29 is 19.2 Å². The smallest absolute Gasteiger partial charge is 0.243 e.